The van der Waals surface area contributed by atoms with Gasteiger partial charge >= 0.3 is 6.16 Å². The molecule has 2 bridgehead atoms. The molecule has 2 heterocycles. The molecule has 0 spiro atoms. The second kappa shape index (κ2) is 2.84. The Morgan fingerprint density at radius 2 is 1.41 bits per heavy atom. The molecule has 5 aliphatic rings. The van der Waals surface area contributed by atoms with Gasteiger partial charge in [0, 0.05) is 11.8 Å². The molecule has 0 amide bonds. The van der Waals surface area contributed by atoms with E-state index in [1.54, 1.807) is 0 Å². The highest BCUT2D eigenvalue weighted by Gasteiger charge is 2.63. The quantitative estimate of drug-likeness (QED) is 0.469. The summed E-state index contributed by atoms with van der Waals surface area (Å²) in [6.45, 7) is 3.82. The zero-order chi connectivity index (χ0) is 11.8. The van der Waals surface area contributed by atoms with Gasteiger partial charge in [-0.05, 0) is 13.8 Å². The summed E-state index contributed by atoms with van der Waals surface area (Å²) < 4.78 is 22.3. The van der Waals surface area contributed by atoms with Crippen LogP contribution in [-0.4, -0.2) is 36.4 Å². The van der Waals surface area contributed by atoms with Crippen LogP contribution in [0, 0.1) is 11.8 Å². The van der Waals surface area contributed by atoms with Gasteiger partial charge in [-0.1, -0.05) is 12.2 Å². The lowest BCUT2D eigenvalue weighted by atomic mass is 9.68. The van der Waals surface area contributed by atoms with Crippen molar-refractivity contribution in [3.8, 4) is 0 Å². The van der Waals surface area contributed by atoms with Crippen LogP contribution in [0.15, 0.2) is 12.2 Å². The van der Waals surface area contributed by atoms with Crippen LogP contribution >= 0.6 is 0 Å². The molecule has 92 valence electrons. The van der Waals surface area contributed by atoms with E-state index in [-0.39, 0.29) is 36.3 Å². The van der Waals surface area contributed by atoms with Gasteiger partial charge in [0.15, 0.2) is 18.0 Å². The van der Waals surface area contributed by atoms with Crippen molar-refractivity contribution >= 4 is 6.16 Å². The van der Waals surface area contributed by atoms with Crippen molar-refractivity contribution in [1.82, 2.24) is 0 Å². The summed E-state index contributed by atoms with van der Waals surface area (Å²) in [5.41, 5.74) is 0. The minimum absolute atomic E-state index is 0.0317. The van der Waals surface area contributed by atoms with E-state index in [2.05, 4.69) is 12.2 Å². The number of carbonyl (C=O) groups is 1. The fourth-order valence-electron chi connectivity index (χ4n) is 3.46. The molecule has 5 nitrogen and oxygen atoms in total. The lowest BCUT2D eigenvalue weighted by molar-refractivity contribution is -0.150. The molecule has 0 aromatic rings. The molecular weight excluding hydrogens is 224 g/mol. The Morgan fingerprint density at radius 3 is 1.88 bits per heavy atom. The van der Waals surface area contributed by atoms with E-state index in [1.807, 2.05) is 13.8 Å². The van der Waals surface area contributed by atoms with Crippen molar-refractivity contribution in [3.05, 3.63) is 12.2 Å². The molecule has 2 aliphatic heterocycles. The maximum atomic E-state index is 11.2. The Bertz CT molecular complexity index is 381. The lowest BCUT2D eigenvalue weighted by Crippen LogP contribution is -2.57. The maximum absolute atomic E-state index is 11.2. The summed E-state index contributed by atoms with van der Waals surface area (Å²) in [5.74, 6) is -0.480. The van der Waals surface area contributed by atoms with Gasteiger partial charge in [0.25, 0.3) is 0 Å². The summed E-state index contributed by atoms with van der Waals surface area (Å²) in [4.78, 5) is 11.2. The van der Waals surface area contributed by atoms with Gasteiger partial charge < -0.3 is 18.9 Å². The first-order chi connectivity index (χ1) is 8.05. The Hall–Kier alpha value is -1.07. The van der Waals surface area contributed by atoms with Crippen LogP contribution < -0.4 is 0 Å². The van der Waals surface area contributed by atoms with E-state index in [1.165, 1.54) is 0 Å². The molecule has 0 radical (unpaired) electrons. The number of rotatable bonds is 0. The first-order valence-corrected chi connectivity index (χ1v) is 5.96. The van der Waals surface area contributed by atoms with Gasteiger partial charge in [-0.25, -0.2) is 4.79 Å². The van der Waals surface area contributed by atoms with E-state index < -0.39 is 11.9 Å². The molecule has 5 rings (SSSR count). The first kappa shape index (κ1) is 9.91. The maximum Gasteiger partial charge on any atom is 0.509 e. The highest BCUT2D eigenvalue weighted by molar-refractivity contribution is 5.63. The van der Waals surface area contributed by atoms with Crippen LogP contribution in [0.3, 0.4) is 0 Å². The summed E-state index contributed by atoms with van der Waals surface area (Å²) in [6.07, 6.45) is 3.08. The second-order valence-electron chi connectivity index (χ2n) is 5.52. The fourth-order valence-corrected chi connectivity index (χ4v) is 3.46. The van der Waals surface area contributed by atoms with E-state index in [0.29, 0.717) is 0 Å². The van der Waals surface area contributed by atoms with Crippen molar-refractivity contribution in [2.45, 2.75) is 44.1 Å². The topological polar surface area (TPSA) is 54.0 Å². The molecule has 3 fully saturated rings. The van der Waals surface area contributed by atoms with Crippen LogP contribution in [0.1, 0.15) is 13.8 Å². The Balaban J connectivity index is 1.73. The van der Waals surface area contributed by atoms with Gasteiger partial charge in [0.2, 0.25) is 0 Å². The second-order valence-corrected chi connectivity index (χ2v) is 5.52. The summed E-state index contributed by atoms with van der Waals surface area (Å²) in [5, 5.41) is 0. The monoisotopic (exact) mass is 238 g/mol. The minimum atomic E-state index is -0.571. The summed E-state index contributed by atoms with van der Waals surface area (Å²) >= 11 is 0. The molecule has 5 heteroatoms. The van der Waals surface area contributed by atoms with Crippen LogP contribution in [-0.2, 0) is 18.9 Å². The summed E-state index contributed by atoms with van der Waals surface area (Å²) in [7, 11) is 0. The standard InChI is InChI=1S/C12H14O5/c1-12(2)16-9-5-3-4-6(10(9)17-12)8-7(5)14-11(13)15-8/h3-10H,1-2H3/t5-,6+,7+,8-,9-,10+. The van der Waals surface area contributed by atoms with Crippen LogP contribution in [0.2, 0.25) is 0 Å². The van der Waals surface area contributed by atoms with Gasteiger partial charge in [-0.3, -0.25) is 0 Å². The Morgan fingerprint density at radius 1 is 0.941 bits per heavy atom. The average molecular weight is 238 g/mol. The van der Waals surface area contributed by atoms with Crippen LogP contribution in [0.5, 0.6) is 0 Å². The van der Waals surface area contributed by atoms with Gasteiger partial charge in [0.1, 0.15) is 0 Å². The van der Waals surface area contributed by atoms with Crippen molar-refractivity contribution < 1.29 is 23.7 Å². The highest BCUT2D eigenvalue weighted by Crippen LogP contribution is 2.50. The van der Waals surface area contributed by atoms with Crippen molar-refractivity contribution in [1.29, 1.82) is 0 Å². The molecule has 0 unspecified atom stereocenters. The van der Waals surface area contributed by atoms with E-state index >= 15 is 0 Å². The van der Waals surface area contributed by atoms with E-state index in [4.69, 9.17) is 18.9 Å². The van der Waals surface area contributed by atoms with Gasteiger partial charge in [-0.2, -0.15) is 0 Å². The smallest absolute Gasteiger partial charge is 0.426 e. The molecular formula is C12H14O5. The lowest BCUT2D eigenvalue weighted by Gasteiger charge is -2.43. The number of ether oxygens (including phenoxy) is 4. The average Bonchev–Trinajstić information content (AvgIpc) is 2.76. The molecule has 6 atom stereocenters. The van der Waals surface area contributed by atoms with Crippen molar-refractivity contribution in [2.75, 3.05) is 0 Å². The molecule has 0 aromatic carbocycles. The Kier molecular flexibility index (Phi) is 1.66. The van der Waals surface area contributed by atoms with E-state index in [9.17, 15) is 4.79 Å². The third-order valence-electron chi connectivity index (χ3n) is 4.02. The summed E-state index contributed by atoms with van der Waals surface area (Å²) in [6, 6.07) is 0. The Labute approximate surface area is 98.7 Å². The predicted octanol–water partition coefficient (Wildman–Crippen LogP) is 1.23. The molecule has 2 saturated heterocycles. The fraction of sp³-hybridized carbons (Fsp3) is 0.750. The van der Waals surface area contributed by atoms with Gasteiger partial charge in [-0.15, -0.1) is 0 Å². The molecule has 3 aliphatic carbocycles. The molecule has 1 saturated carbocycles. The van der Waals surface area contributed by atoms with Crippen LogP contribution in [0.4, 0.5) is 4.79 Å². The molecule has 17 heavy (non-hydrogen) atoms. The largest absolute Gasteiger partial charge is 0.509 e. The van der Waals surface area contributed by atoms with Crippen molar-refractivity contribution in [3.63, 3.8) is 0 Å². The molecule has 0 N–H and O–H groups in total. The number of hydrogen-bond acceptors (Lipinski definition) is 5. The van der Waals surface area contributed by atoms with Gasteiger partial charge in [0.05, 0.1) is 12.2 Å². The normalized spacial score (nSPS) is 52.9. The van der Waals surface area contributed by atoms with E-state index in [0.717, 1.165) is 0 Å². The highest BCUT2D eigenvalue weighted by atomic mass is 16.8. The van der Waals surface area contributed by atoms with Crippen LogP contribution in [0.25, 0.3) is 0 Å². The zero-order valence-electron chi connectivity index (χ0n) is 9.66. The zero-order valence-corrected chi connectivity index (χ0v) is 9.66. The number of carbonyl (C=O) groups excluding carboxylic acids is 1. The third kappa shape index (κ3) is 1.18. The third-order valence-corrected chi connectivity index (χ3v) is 4.02. The SMILES string of the molecule is CC1(C)O[C@@H]2[C@@H]3C=C[C@@H]([C@H]4OC(=O)O[C@@H]34)[C@@H]2O1. The predicted molar refractivity (Wildman–Crippen MR) is 55.1 cm³/mol. The first-order valence-electron chi connectivity index (χ1n) is 5.96. The number of hydrogen-bond donors (Lipinski definition) is 0. The minimum Gasteiger partial charge on any atom is -0.426 e. The molecule has 0 aromatic heterocycles. The van der Waals surface area contributed by atoms with Crippen molar-refractivity contribution in [2.24, 2.45) is 11.8 Å².